The molecule has 6 heteroatoms. The number of para-hydroxylation sites is 2. The predicted octanol–water partition coefficient (Wildman–Crippen LogP) is 1.40. The topological polar surface area (TPSA) is 57.0 Å². The van der Waals surface area contributed by atoms with Gasteiger partial charge in [-0.25, -0.2) is 4.68 Å². The average molecular weight is 282 g/mol. The van der Waals surface area contributed by atoms with E-state index in [-0.39, 0.29) is 4.60 Å². The van der Waals surface area contributed by atoms with E-state index in [1.54, 1.807) is 7.11 Å². The average Bonchev–Trinajstić information content (AvgIpc) is 2.32. The van der Waals surface area contributed by atoms with Crippen molar-refractivity contribution in [3.05, 3.63) is 45.5 Å². The van der Waals surface area contributed by atoms with Crippen LogP contribution in [0.25, 0.3) is 5.69 Å². The van der Waals surface area contributed by atoms with Gasteiger partial charge in [-0.1, -0.05) is 12.1 Å². The summed E-state index contributed by atoms with van der Waals surface area (Å²) in [5, 5.41) is 4.03. The van der Waals surface area contributed by atoms with Gasteiger partial charge in [0.15, 0.2) is 4.60 Å². The quantitative estimate of drug-likeness (QED) is 0.835. The highest BCUT2D eigenvalue weighted by Crippen LogP contribution is 2.20. The van der Waals surface area contributed by atoms with Gasteiger partial charge in [0.1, 0.15) is 17.8 Å². The number of ether oxygens (including phenoxy) is 1. The normalized spacial score (nSPS) is 10.1. The number of nitrogens with zero attached hydrogens (tertiary/aromatic N) is 3. The lowest BCUT2D eigenvalue weighted by molar-refractivity contribution is 0.411. The molecule has 0 bridgehead atoms. The SMILES string of the molecule is COc1ccccc1-n1cnc(=O)c(Br)n1. The lowest BCUT2D eigenvalue weighted by Crippen LogP contribution is -2.15. The van der Waals surface area contributed by atoms with Crippen LogP contribution in [0.3, 0.4) is 0 Å². The summed E-state index contributed by atoms with van der Waals surface area (Å²) in [4.78, 5) is 14.8. The molecule has 0 saturated carbocycles. The van der Waals surface area contributed by atoms with E-state index >= 15 is 0 Å². The maximum atomic E-state index is 11.1. The van der Waals surface area contributed by atoms with Crippen LogP contribution in [0.4, 0.5) is 0 Å². The van der Waals surface area contributed by atoms with Crippen molar-refractivity contribution in [2.24, 2.45) is 0 Å². The van der Waals surface area contributed by atoms with Crippen LogP contribution < -0.4 is 10.3 Å². The smallest absolute Gasteiger partial charge is 0.306 e. The van der Waals surface area contributed by atoms with E-state index in [9.17, 15) is 4.79 Å². The third-order valence-electron chi connectivity index (χ3n) is 1.99. The lowest BCUT2D eigenvalue weighted by Gasteiger charge is -2.09. The van der Waals surface area contributed by atoms with E-state index in [4.69, 9.17) is 4.74 Å². The molecule has 2 rings (SSSR count). The summed E-state index contributed by atoms with van der Waals surface area (Å²) >= 11 is 3.04. The van der Waals surface area contributed by atoms with Gasteiger partial charge in [-0.3, -0.25) is 4.79 Å². The first kappa shape index (κ1) is 10.8. The lowest BCUT2D eigenvalue weighted by atomic mass is 10.3. The number of halogens is 1. The molecule has 0 unspecified atom stereocenters. The highest BCUT2D eigenvalue weighted by atomic mass is 79.9. The highest BCUT2D eigenvalue weighted by molar-refractivity contribution is 9.10. The molecule has 82 valence electrons. The Morgan fingerprint density at radius 1 is 1.38 bits per heavy atom. The zero-order valence-electron chi connectivity index (χ0n) is 8.42. The molecule has 0 amide bonds. The second-order valence-electron chi connectivity index (χ2n) is 2.96. The Bertz CT molecular complexity index is 568. The van der Waals surface area contributed by atoms with Crippen LogP contribution in [-0.2, 0) is 0 Å². The van der Waals surface area contributed by atoms with Crippen molar-refractivity contribution < 1.29 is 4.74 Å². The van der Waals surface area contributed by atoms with Crippen molar-refractivity contribution in [3.63, 3.8) is 0 Å². The summed E-state index contributed by atoms with van der Waals surface area (Å²) in [5.74, 6) is 0.660. The number of methoxy groups -OCH3 is 1. The Hall–Kier alpha value is -1.69. The molecule has 16 heavy (non-hydrogen) atoms. The summed E-state index contributed by atoms with van der Waals surface area (Å²) < 4.78 is 6.83. The second-order valence-corrected chi connectivity index (χ2v) is 3.71. The van der Waals surface area contributed by atoms with Crippen molar-refractivity contribution in [2.45, 2.75) is 0 Å². The fourth-order valence-corrected chi connectivity index (χ4v) is 1.53. The van der Waals surface area contributed by atoms with Crippen LogP contribution in [0.2, 0.25) is 0 Å². The van der Waals surface area contributed by atoms with Crippen molar-refractivity contribution in [3.8, 4) is 11.4 Å². The van der Waals surface area contributed by atoms with Gasteiger partial charge < -0.3 is 4.74 Å². The van der Waals surface area contributed by atoms with Gasteiger partial charge in [0.25, 0.3) is 0 Å². The Morgan fingerprint density at radius 2 is 2.12 bits per heavy atom. The van der Waals surface area contributed by atoms with Crippen LogP contribution in [0.15, 0.2) is 40.0 Å². The first-order valence-electron chi connectivity index (χ1n) is 4.47. The summed E-state index contributed by atoms with van der Waals surface area (Å²) in [6.45, 7) is 0. The molecular weight excluding hydrogens is 274 g/mol. The number of benzene rings is 1. The predicted molar refractivity (Wildman–Crippen MR) is 61.9 cm³/mol. The molecule has 5 nitrogen and oxygen atoms in total. The number of hydrogen-bond donors (Lipinski definition) is 0. The Labute approximate surface area is 99.8 Å². The molecule has 0 saturated heterocycles. The summed E-state index contributed by atoms with van der Waals surface area (Å²) in [6, 6.07) is 7.34. The van der Waals surface area contributed by atoms with Crippen LogP contribution in [0.1, 0.15) is 0 Å². The highest BCUT2D eigenvalue weighted by Gasteiger charge is 2.06. The first-order valence-corrected chi connectivity index (χ1v) is 5.26. The molecule has 0 radical (unpaired) electrons. The summed E-state index contributed by atoms with van der Waals surface area (Å²) in [5.41, 5.74) is 0.323. The van der Waals surface area contributed by atoms with Gasteiger partial charge in [0, 0.05) is 0 Å². The van der Waals surface area contributed by atoms with Crippen LogP contribution in [0, 0.1) is 0 Å². The zero-order chi connectivity index (χ0) is 11.5. The van der Waals surface area contributed by atoms with E-state index in [0.29, 0.717) is 5.75 Å². The van der Waals surface area contributed by atoms with E-state index in [0.717, 1.165) is 5.69 Å². The van der Waals surface area contributed by atoms with Crippen molar-refractivity contribution in [1.29, 1.82) is 0 Å². The third kappa shape index (κ3) is 1.96. The Morgan fingerprint density at radius 3 is 2.81 bits per heavy atom. The van der Waals surface area contributed by atoms with Crippen molar-refractivity contribution in [2.75, 3.05) is 7.11 Å². The molecule has 1 heterocycles. The van der Waals surface area contributed by atoms with Crippen LogP contribution >= 0.6 is 15.9 Å². The molecule has 0 N–H and O–H groups in total. The van der Waals surface area contributed by atoms with E-state index in [1.807, 2.05) is 24.3 Å². The Kier molecular flexibility index (Phi) is 3.00. The number of rotatable bonds is 2. The third-order valence-corrected chi connectivity index (χ3v) is 2.49. The minimum absolute atomic E-state index is 0.168. The maximum absolute atomic E-state index is 11.1. The molecule has 0 atom stereocenters. The van der Waals surface area contributed by atoms with Gasteiger partial charge in [-0.2, -0.15) is 10.1 Å². The largest absolute Gasteiger partial charge is 0.494 e. The van der Waals surface area contributed by atoms with Gasteiger partial charge in [0.05, 0.1) is 7.11 Å². The van der Waals surface area contributed by atoms with Gasteiger partial charge in [-0.15, -0.1) is 0 Å². The van der Waals surface area contributed by atoms with Crippen LogP contribution in [0.5, 0.6) is 5.75 Å². The van der Waals surface area contributed by atoms with Gasteiger partial charge >= 0.3 is 5.56 Å². The second kappa shape index (κ2) is 4.44. The molecule has 0 aliphatic rings. The van der Waals surface area contributed by atoms with E-state index < -0.39 is 5.56 Å². The first-order chi connectivity index (χ1) is 7.72. The molecule has 0 fully saturated rings. The molecular formula is C10H8BrN3O2. The fourth-order valence-electron chi connectivity index (χ4n) is 1.26. The van der Waals surface area contributed by atoms with Crippen molar-refractivity contribution >= 4 is 15.9 Å². The van der Waals surface area contributed by atoms with E-state index in [1.165, 1.54) is 11.0 Å². The minimum Gasteiger partial charge on any atom is -0.494 e. The fraction of sp³-hybridized carbons (Fsp3) is 0.100. The van der Waals surface area contributed by atoms with Gasteiger partial charge in [-0.05, 0) is 28.1 Å². The van der Waals surface area contributed by atoms with Crippen molar-refractivity contribution in [1.82, 2.24) is 14.8 Å². The Balaban J connectivity index is 2.58. The maximum Gasteiger partial charge on any atom is 0.306 e. The standard InChI is InChI=1S/C10H8BrN3O2/c1-16-8-5-3-2-4-7(8)14-6-12-10(15)9(11)13-14/h2-6H,1H3. The molecule has 0 aliphatic carbocycles. The number of hydrogen-bond acceptors (Lipinski definition) is 4. The minimum atomic E-state index is -0.397. The summed E-state index contributed by atoms with van der Waals surface area (Å²) in [6.07, 6.45) is 1.35. The number of aromatic nitrogens is 3. The molecule has 1 aromatic carbocycles. The zero-order valence-corrected chi connectivity index (χ0v) is 10.0. The van der Waals surface area contributed by atoms with Crippen LogP contribution in [-0.4, -0.2) is 21.9 Å². The summed E-state index contributed by atoms with van der Waals surface area (Å²) in [7, 11) is 1.57. The van der Waals surface area contributed by atoms with E-state index in [2.05, 4.69) is 26.0 Å². The molecule has 1 aromatic heterocycles. The molecule has 0 spiro atoms. The monoisotopic (exact) mass is 281 g/mol. The molecule has 0 aliphatic heterocycles. The molecule has 2 aromatic rings. The van der Waals surface area contributed by atoms with Gasteiger partial charge in [0.2, 0.25) is 0 Å².